The average molecular weight is 368 g/mol. The smallest absolute Gasteiger partial charge is 0.343 e. The highest BCUT2D eigenvalue weighted by molar-refractivity contribution is 6.36. The van der Waals surface area contributed by atoms with Crippen LogP contribution in [0.25, 0.3) is 0 Å². The van der Waals surface area contributed by atoms with Gasteiger partial charge in [0.25, 0.3) is 0 Å². The molecule has 0 bridgehead atoms. The summed E-state index contributed by atoms with van der Waals surface area (Å²) in [6.45, 7) is 8.09. The quantitative estimate of drug-likeness (QED) is 0.342. The fourth-order valence-corrected chi connectivity index (χ4v) is 2.07. The molecule has 0 spiro atoms. The molecule has 0 aliphatic heterocycles. The molecule has 0 heterocycles. The maximum atomic E-state index is 12.0. The Balaban J connectivity index is 3.07. The van der Waals surface area contributed by atoms with Crippen molar-refractivity contribution in [2.45, 2.75) is 46.8 Å². The van der Waals surface area contributed by atoms with E-state index in [1.54, 1.807) is 39.8 Å². The Bertz CT molecular complexity index is 695. The Morgan fingerprint density at radius 2 is 1.68 bits per heavy atom. The molecule has 0 aliphatic carbocycles. The summed E-state index contributed by atoms with van der Waals surface area (Å²) in [6, 6.07) is 4.75. The van der Waals surface area contributed by atoms with Crippen LogP contribution < -0.4 is 5.32 Å². The molecule has 1 aromatic carbocycles. The molecule has 0 unspecified atom stereocenters. The first-order chi connectivity index (χ1) is 11.6. The van der Waals surface area contributed by atoms with E-state index in [9.17, 15) is 14.4 Å². The second kappa shape index (κ2) is 9.22. The number of halogens is 1. The lowest BCUT2D eigenvalue weighted by Crippen LogP contribution is -2.18. The number of ketones is 1. The van der Waals surface area contributed by atoms with Crippen molar-refractivity contribution in [1.29, 1.82) is 0 Å². The Kier molecular flexibility index (Phi) is 7.64. The minimum absolute atomic E-state index is 0.129. The summed E-state index contributed by atoms with van der Waals surface area (Å²) >= 11 is 6.22. The molecule has 25 heavy (non-hydrogen) atoms. The zero-order valence-electron chi connectivity index (χ0n) is 14.9. The van der Waals surface area contributed by atoms with E-state index in [1.165, 1.54) is 19.2 Å². The molecule has 0 amide bonds. The summed E-state index contributed by atoms with van der Waals surface area (Å²) in [7, 11) is 0. The third-order valence-corrected chi connectivity index (χ3v) is 3.28. The van der Waals surface area contributed by atoms with Gasteiger partial charge in [0, 0.05) is 6.20 Å². The van der Waals surface area contributed by atoms with Crippen LogP contribution in [0, 0.1) is 0 Å². The third-order valence-electron chi connectivity index (χ3n) is 2.88. The lowest BCUT2D eigenvalue weighted by Gasteiger charge is -2.12. The number of anilines is 1. The van der Waals surface area contributed by atoms with Gasteiger partial charge in [-0.15, -0.1) is 0 Å². The van der Waals surface area contributed by atoms with Crippen LogP contribution in [0.15, 0.2) is 30.0 Å². The van der Waals surface area contributed by atoms with E-state index in [0.717, 1.165) is 0 Å². The summed E-state index contributed by atoms with van der Waals surface area (Å²) in [6.07, 6.45) is 0.578. The largest absolute Gasteiger partial charge is 0.459 e. The summed E-state index contributed by atoms with van der Waals surface area (Å²) < 4.78 is 10.1. The van der Waals surface area contributed by atoms with Crippen LogP contribution in [0.5, 0.6) is 0 Å². The predicted molar refractivity (Wildman–Crippen MR) is 95.6 cm³/mol. The van der Waals surface area contributed by atoms with Crippen LogP contribution in [0.1, 0.15) is 45.0 Å². The Labute approximate surface area is 152 Å². The fraction of sp³-hybridized carbons (Fsp3) is 0.389. The maximum absolute atomic E-state index is 12.0. The predicted octanol–water partition coefficient (Wildman–Crippen LogP) is 3.74. The van der Waals surface area contributed by atoms with Crippen molar-refractivity contribution in [2.24, 2.45) is 0 Å². The van der Waals surface area contributed by atoms with Crippen LogP contribution in [-0.4, -0.2) is 29.9 Å². The van der Waals surface area contributed by atoms with Crippen molar-refractivity contribution < 1.29 is 23.9 Å². The molecule has 1 rings (SSSR count). The zero-order valence-corrected chi connectivity index (χ0v) is 15.6. The Morgan fingerprint density at radius 3 is 2.20 bits per heavy atom. The second-order valence-corrected chi connectivity index (χ2v) is 6.21. The van der Waals surface area contributed by atoms with Crippen molar-refractivity contribution >= 4 is 35.0 Å². The Morgan fingerprint density at radius 1 is 1.08 bits per heavy atom. The van der Waals surface area contributed by atoms with E-state index in [2.05, 4.69) is 5.32 Å². The summed E-state index contributed by atoms with van der Waals surface area (Å²) in [5.74, 6) is -1.75. The molecule has 7 heteroatoms. The van der Waals surface area contributed by atoms with Crippen molar-refractivity contribution in [3.05, 3.63) is 40.6 Å². The van der Waals surface area contributed by atoms with Gasteiger partial charge >= 0.3 is 11.9 Å². The Hall–Kier alpha value is -2.34. The molecular weight excluding hydrogens is 346 g/mol. The minimum atomic E-state index is -0.735. The van der Waals surface area contributed by atoms with E-state index in [0.29, 0.717) is 5.69 Å². The molecule has 0 fully saturated rings. The third kappa shape index (κ3) is 6.23. The standard InChI is InChI=1S/C18H22ClNO5/c1-10(2)24-17(22)13-7-6-8-15(16(13)19)20-9-14(12(5)21)18(23)25-11(3)4/h6-11,20H,1-5H3. The number of esters is 2. The second-order valence-electron chi connectivity index (χ2n) is 5.83. The van der Waals surface area contributed by atoms with Gasteiger partial charge < -0.3 is 14.8 Å². The number of nitrogens with one attached hydrogen (secondary N) is 1. The molecule has 0 atom stereocenters. The van der Waals surface area contributed by atoms with Crippen LogP contribution in [0.3, 0.4) is 0 Å². The van der Waals surface area contributed by atoms with E-state index in [4.69, 9.17) is 21.1 Å². The van der Waals surface area contributed by atoms with Crippen LogP contribution in [0.4, 0.5) is 5.69 Å². The first kappa shape index (κ1) is 20.7. The van der Waals surface area contributed by atoms with Crippen molar-refractivity contribution in [2.75, 3.05) is 5.32 Å². The monoisotopic (exact) mass is 367 g/mol. The first-order valence-corrected chi connectivity index (χ1v) is 8.19. The van der Waals surface area contributed by atoms with E-state index < -0.39 is 17.7 Å². The van der Waals surface area contributed by atoms with Gasteiger partial charge in [-0.2, -0.15) is 0 Å². The molecule has 1 aromatic rings. The van der Waals surface area contributed by atoms with Crippen LogP contribution in [0.2, 0.25) is 5.02 Å². The number of Topliss-reactive ketones (excluding diaryl/α,β-unsaturated/α-hetero) is 1. The molecule has 0 aromatic heterocycles. The first-order valence-electron chi connectivity index (χ1n) is 7.81. The van der Waals surface area contributed by atoms with Crippen molar-refractivity contribution in [1.82, 2.24) is 0 Å². The van der Waals surface area contributed by atoms with Crippen LogP contribution in [-0.2, 0) is 19.1 Å². The molecule has 0 radical (unpaired) electrons. The molecule has 0 saturated heterocycles. The fourth-order valence-electron chi connectivity index (χ4n) is 1.81. The van der Waals surface area contributed by atoms with Crippen LogP contribution >= 0.6 is 11.6 Å². The van der Waals surface area contributed by atoms with Crippen molar-refractivity contribution in [3.63, 3.8) is 0 Å². The highest BCUT2D eigenvalue weighted by Gasteiger charge is 2.19. The van der Waals surface area contributed by atoms with Gasteiger partial charge in [0.1, 0.15) is 5.57 Å². The summed E-state index contributed by atoms with van der Waals surface area (Å²) in [5.41, 5.74) is 0.388. The summed E-state index contributed by atoms with van der Waals surface area (Å²) in [4.78, 5) is 35.6. The number of carbonyl (C=O) groups is 3. The molecule has 0 aliphatic rings. The highest BCUT2D eigenvalue weighted by atomic mass is 35.5. The lowest BCUT2D eigenvalue weighted by molar-refractivity contribution is -0.143. The van der Waals surface area contributed by atoms with E-state index in [1.807, 2.05) is 0 Å². The minimum Gasteiger partial charge on any atom is -0.459 e. The van der Waals surface area contributed by atoms with Gasteiger partial charge in [0.05, 0.1) is 28.5 Å². The van der Waals surface area contributed by atoms with Gasteiger partial charge in [-0.3, -0.25) is 4.79 Å². The normalized spacial score (nSPS) is 11.4. The van der Waals surface area contributed by atoms with Gasteiger partial charge in [-0.1, -0.05) is 17.7 Å². The molecule has 0 saturated carbocycles. The summed E-state index contributed by atoms with van der Waals surface area (Å²) in [5, 5.41) is 2.90. The number of ether oxygens (including phenoxy) is 2. The zero-order chi connectivity index (χ0) is 19.1. The number of benzene rings is 1. The molecule has 136 valence electrons. The topological polar surface area (TPSA) is 81.7 Å². The molecule has 6 nitrogen and oxygen atoms in total. The number of hydrogen-bond acceptors (Lipinski definition) is 6. The van der Waals surface area contributed by atoms with Crippen molar-refractivity contribution in [3.8, 4) is 0 Å². The number of hydrogen-bond donors (Lipinski definition) is 1. The van der Waals surface area contributed by atoms with Gasteiger partial charge in [-0.05, 0) is 46.8 Å². The van der Waals surface area contributed by atoms with Gasteiger partial charge in [0.15, 0.2) is 5.78 Å². The molecule has 1 N–H and O–H groups in total. The number of rotatable bonds is 7. The maximum Gasteiger partial charge on any atom is 0.343 e. The van der Waals surface area contributed by atoms with E-state index >= 15 is 0 Å². The van der Waals surface area contributed by atoms with E-state index in [-0.39, 0.29) is 28.4 Å². The SMILES string of the molecule is CC(=O)C(=CNc1cccc(C(=O)OC(C)C)c1Cl)C(=O)OC(C)C. The molecular formula is C18H22ClNO5. The van der Waals surface area contributed by atoms with Gasteiger partial charge in [0.2, 0.25) is 0 Å². The lowest BCUT2D eigenvalue weighted by atomic mass is 10.2. The average Bonchev–Trinajstić information content (AvgIpc) is 2.47. The van der Waals surface area contributed by atoms with Gasteiger partial charge in [-0.25, -0.2) is 9.59 Å². The highest BCUT2D eigenvalue weighted by Crippen LogP contribution is 2.27. The number of carbonyl (C=O) groups excluding carboxylic acids is 3.